The van der Waals surface area contributed by atoms with Crippen molar-refractivity contribution in [1.29, 1.82) is 0 Å². The van der Waals surface area contributed by atoms with Crippen molar-refractivity contribution in [2.75, 3.05) is 13.7 Å². The summed E-state index contributed by atoms with van der Waals surface area (Å²) in [5, 5.41) is 2.86. The summed E-state index contributed by atoms with van der Waals surface area (Å²) in [6, 6.07) is -0.709. The molecule has 15 heavy (non-hydrogen) atoms. The molecule has 0 radical (unpaired) electrons. The molecule has 4 heteroatoms. The molecule has 0 amide bonds. The van der Waals surface area contributed by atoms with E-state index in [0.29, 0.717) is 19.4 Å². The van der Waals surface area contributed by atoms with Crippen LogP contribution in [0.3, 0.4) is 0 Å². The molecular weight excluding hydrogens is 200 g/mol. The summed E-state index contributed by atoms with van der Waals surface area (Å²) in [7, 11) is 1.61. The Morgan fingerprint density at radius 2 is 1.93 bits per heavy atom. The molecular formula is C11H23F2NO. The Morgan fingerprint density at radius 1 is 1.33 bits per heavy atom. The Morgan fingerprint density at radius 3 is 2.33 bits per heavy atom. The van der Waals surface area contributed by atoms with Gasteiger partial charge in [-0.3, -0.25) is 0 Å². The molecule has 0 rings (SSSR count). The molecule has 0 bridgehead atoms. The van der Waals surface area contributed by atoms with Crippen molar-refractivity contribution < 1.29 is 13.5 Å². The summed E-state index contributed by atoms with van der Waals surface area (Å²) in [6.45, 7) is 6.43. The van der Waals surface area contributed by atoms with Gasteiger partial charge in [0.05, 0.1) is 11.6 Å². The van der Waals surface area contributed by atoms with Gasteiger partial charge in [0.15, 0.2) is 0 Å². The fraction of sp³-hybridized carbons (Fsp3) is 1.00. The number of alkyl halides is 2. The minimum atomic E-state index is -2.30. The maximum Gasteiger partial charge on any atom is 0.253 e. The largest absolute Gasteiger partial charge is 0.379 e. The van der Waals surface area contributed by atoms with Crippen molar-refractivity contribution in [3.8, 4) is 0 Å². The molecule has 0 heterocycles. The van der Waals surface area contributed by atoms with E-state index < -0.39 is 12.5 Å². The number of hydrogen-bond acceptors (Lipinski definition) is 2. The van der Waals surface area contributed by atoms with E-state index in [2.05, 4.69) is 5.32 Å². The van der Waals surface area contributed by atoms with Gasteiger partial charge in [-0.15, -0.1) is 0 Å². The molecule has 0 aliphatic heterocycles. The van der Waals surface area contributed by atoms with E-state index in [9.17, 15) is 8.78 Å². The van der Waals surface area contributed by atoms with E-state index in [4.69, 9.17) is 4.74 Å². The number of methoxy groups -OCH3 is 1. The van der Waals surface area contributed by atoms with Crippen LogP contribution in [0.15, 0.2) is 0 Å². The zero-order valence-corrected chi connectivity index (χ0v) is 10.1. The Hall–Kier alpha value is -0.220. The zero-order valence-electron chi connectivity index (χ0n) is 10.1. The SMILES string of the molecule is CCCNC(CCC(C)(C)OC)C(F)F. The van der Waals surface area contributed by atoms with Crippen LogP contribution in [-0.2, 0) is 4.74 Å². The van der Waals surface area contributed by atoms with E-state index >= 15 is 0 Å². The van der Waals surface area contributed by atoms with Crippen LogP contribution in [0.2, 0.25) is 0 Å². The number of ether oxygens (including phenoxy) is 1. The van der Waals surface area contributed by atoms with Crippen LogP contribution in [0.4, 0.5) is 8.78 Å². The van der Waals surface area contributed by atoms with Crippen LogP contribution < -0.4 is 5.32 Å². The Balaban J connectivity index is 3.95. The molecule has 92 valence electrons. The molecule has 0 aliphatic rings. The third-order valence-electron chi connectivity index (χ3n) is 2.57. The normalized spacial score (nSPS) is 14.6. The van der Waals surface area contributed by atoms with Gasteiger partial charge in [-0.05, 0) is 39.7 Å². The van der Waals surface area contributed by atoms with Gasteiger partial charge in [0.2, 0.25) is 0 Å². The molecule has 0 aromatic heterocycles. The molecule has 0 spiro atoms. The van der Waals surface area contributed by atoms with E-state index in [-0.39, 0.29) is 5.60 Å². The Bertz CT molecular complexity index is 163. The van der Waals surface area contributed by atoms with Gasteiger partial charge in [-0.25, -0.2) is 8.78 Å². The highest BCUT2D eigenvalue weighted by Crippen LogP contribution is 2.19. The van der Waals surface area contributed by atoms with Crippen LogP contribution in [0.25, 0.3) is 0 Å². The highest BCUT2D eigenvalue weighted by molar-refractivity contribution is 4.75. The highest BCUT2D eigenvalue weighted by atomic mass is 19.3. The highest BCUT2D eigenvalue weighted by Gasteiger charge is 2.24. The lowest BCUT2D eigenvalue weighted by atomic mass is 9.99. The molecule has 0 saturated heterocycles. The fourth-order valence-electron chi connectivity index (χ4n) is 1.25. The first-order chi connectivity index (χ1) is 6.93. The van der Waals surface area contributed by atoms with Gasteiger partial charge in [0.25, 0.3) is 6.43 Å². The average Bonchev–Trinajstić information content (AvgIpc) is 2.17. The van der Waals surface area contributed by atoms with Gasteiger partial charge in [0.1, 0.15) is 0 Å². The summed E-state index contributed by atoms with van der Waals surface area (Å²) in [4.78, 5) is 0. The number of hydrogen-bond donors (Lipinski definition) is 1. The second kappa shape index (κ2) is 7.12. The minimum Gasteiger partial charge on any atom is -0.379 e. The second-order valence-electron chi connectivity index (χ2n) is 4.40. The molecule has 0 aliphatic carbocycles. The molecule has 0 saturated carbocycles. The summed E-state index contributed by atoms with van der Waals surface area (Å²) < 4.78 is 30.4. The van der Waals surface area contributed by atoms with Crippen LogP contribution in [-0.4, -0.2) is 31.7 Å². The predicted octanol–water partition coefficient (Wildman–Crippen LogP) is 2.82. The van der Waals surface area contributed by atoms with E-state index in [1.54, 1.807) is 7.11 Å². The monoisotopic (exact) mass is 223 g/mol. The summed E-state index contributed by atoms with van der Waals surface area (Å²) >= 11 is 0. The fourth-order valence-corrected chi connectivity index (χ4v) is 1.25. The number of nitrogens with one attached hydrogen (secondary N) is 1. The van der Waals surface area contributed by atoms with Crippen molar-refractivity contribution in [3.05, 3.63) is 0 Å². The van der Waals surface area contributed by atoms with Crippen molar-refractivity contribution in [1.82, 2.24) is 5.32 Å². The van der Waals surface area contributed by atoms with E-state index in [0.717, 1.165) is 6.42 Å². The number of halogens is 2. The maximum absolute atomic E-state index is 12.6. The first kappa shape index (κ1) is 14.8. The van der Waals surface area contributed by atoms with E-state index in [1.165, 1.54) is 0 Å². The third-order valence-corrected chi connectivity index (χ3v) is 2.57. The third kappa shape index (κ3) is 6.79. The van der Waals surface area contributed by atoms with Crippen LogP contribution >= 0.6 is 0 Å². The summed E-state index contributed by atoms with van der Waals surface area (Å²) in [5.41, 5.74) is -0.318. The molecule has 0 aromatic carbocycles. The van der Waals surface area contributed by atoms with Gasteiger partial charge in [-0.1, -0.05) is 6.92 Å². The van der Waals surface area contributed by atoms with Crippen LogP contribution in [0.5, 0.6) is 0 Å². The minimum absolute atomic E-state index is 0.318. The topological polar surface area (TPSA) is 21.3 Å². The molecule has 1 unspecified atom stereocenters. The van der Waals surface area contributed by atoms with Crippen LogP contribution in [0, 0.1) is 0 Å². The lowest BCUT2D eigenvalue weighted by molar-refractivity contribution is 0.00378. The van der Waals surface area contributed by atoms with Gasteiger partial charge >= 0.3 is 0 Å². The predicted molar refractivity (Wildman–Crippen MR) is 58.4 cm³/mol. The maximum atomic E-state index is 12.6. The van der Waals surface area contributed by atoms with Crippen molar-refractivity contribution >= 4 is 0 Å². The van der Waals surface area contributed by atoms with E-state index in [1.807, 2.05) is 20.8 Å². The van der Waals surface area contributed by atoms with Crippen LogP contribution in [0.1, 0.15) is 40.0 Å². The van der Waals surface area contributed by atoms with Gasteiger partial charge in [-0.2, -0.15) is 0 Å². The molecule has 1 N–H and O–H groups in total. The molecule has 2 nitrogen and oxygen atoms in total. The van der Waals surface area contributed by atoms with Crippen molar-refractivity contribution in [3.63, 3.8) is 0 Å². The second-order valence-corrected chi connectivity index (χ2v) is 4.40. The van der Waals surface area contributed by atoms with Crippen molar-refractivity contribution in [2.24, 2.45) is 0 Å². The number of rotatable bonds is 8. The summed E-state index contributed by atoms with van der Waals surface area (Å²) in [5.74, 6) is 0. The quantitative estimate of drug-likeness (QED) is 0.683. The van der Waals surface area contributed by atoms with Gasteiger partial charge in [0, 0.05) is 7.11 Å². The average molecular weight is 223 g/mol. The molecule has 0 fully saturated rings. The zero-order chi connectivity index (χ0) is 11.9. The lowest BCUT2D eigenvalue weighted by Gasteiger charge is -2.26. The first-order valence-electron chi connectivity index (χ1n) is 5.49. The summed E-state index contributed by atoms with van der Waals surface area (Å²) in [6.07, 6.45) is -0.353. The lowest BCUT2D eigenvalue weighted by Crippen LogP contribution is -2.38. The smallest absolute Gasteiger partial charge is 0.253 e. The van der Waals surface area contributed by atoms with Gasteiger partial charge < -0.3 is 10.1 Å². The first-order valence-corrected chi connectivity index (χ1v) is 5.49. The van der Waals surface area contributed by atoms with Crippen molar-refractivity contribution in [2.45, 2.75) is 58.1 Å². The molecule has 0 aromatic rings. The Kier molecular flexibility index (Phi) is 7.02. The Labute approximate surface area is 91.4 Å². The standard InChI is InChI=1S/C11H23F2NO/c1-5-8-14-9(10(12)13)6-7-11(2,3)15-4/h9-10,14H,5-8H2,1-4H3. The molecule has 1 atom stereocenters.